The van der Waals surface area contributed by atoms with Crippen LogP contribution in [0.2, 0.25) is 10.0 Å². The molecule has 132 valence electrons. The van der Waals surface area contributed by atoms with Crippen molar-refractivity contribution in [1.29, 1.82) is 0 Å². The molecule has 0 unspecified atom stereocenters. The summed E-state index contributed by atoms with van der Waals surface area (Å²) in [7, 11) is 0. The van der Waals surface area contributed by atoms with Crippen molar-refractivity contribution in [3.63, 3.8) is 0 Å². The van der Waals surface area contributed by atoms with Gasteiger partial charge in [0.25, 0.3) is 5.91 Å². The zero-order valence-corrected chi connectivity index (χ0v) is 14.1. The number of amides is 1. The van der Waals surface area contributed by atoms with Crippen LogP contribution in [0.3, 0.4) is 0 Å². The Morgan fingerprint density at radius 2 is 1.96 bits per heavy atom. The number of alkyl halides is 2. The van der Waals surface area contributed by atoms with E-state index in [0.29, 0.717) is 15.6 Å². The second-order valence-electron chi connectivity index (χ2n) is 4.60. The second-order valence-corrected chi connectivity index (χ2v) is 5.42. The molecule has 1 N–H and O–H groups in total. The number of anilines is 1. The summed E-state index contributed by atoms with van der Waals surface area (Å²) >= 11 is 11.6. The number of carbonyl (C=O) groups excluding carboxylic acids is 1. The van der Waals surface area contributed by atoms with Crippen LogP contribution in [0, 0.1) is 0 Å². The van der Waals surface area contributed by atoms with Gasteiger partial charge < -0.3 is 14.9 Å². The lowest BCUT2D eigenvalue weighted by atomic mass is 10.2. The molecule has 0 aliphatic rings. The lowest BCUT2D eigenvalue weighted by Gasteiger charge is -2.11. The van der Waals surface area contributed by atoms with Crippen molar-refractivity contribution in [2.24, 2.45) is 5.16 Å². The first kappa shape index (κ1) is 19.0. The fourth-order valence-corrected chi connectivity index (χ4v) is 2.05. The quantitative estimate of drug-likeness (QED) is 0.557. The van der Waals surface area contributed by atoms with Gasteiger partial charge in [-0.1, -0.05) is 46.6 Å². The summed E-state index contributed by atoms with van der Waals surface area (Å²) in [5.74, 6) is -0.734. The number of halogens is 4. The third-order valence-electron chi connectivity index (χ3n) is 2.79. The summed E-state index contributed by atoms with van der Waals surface area (Å²) in [6.07, 6.45) is 1.35. The van der Waals surface area contributed by atoms with Gasteiger partial charge in [0.2, 0.25) is 0 Å². The maximum atomic E-state index is 12.3. The van der Waals surface area contributed by atoms with Gasteiger partial charge in [-0.3, -0.25) is 4.79 Å². The highest BCUT2D eigenvalue weighted by atomic mass is 35.5. The number of para-hydroxylation sites is 2. The number of hydrogen-bond acceptors (Lipinski definition) is 4. The van der Waals surface area contributed by atoms with Gasteiger partial charge in [0.1, 0.15) is 5.75 Å². The Balaban J connectivity index is 1.87. The zero-order chi connectivity index (χ0) is 18.2. The molecule has 2 aromatic rings. The minimum atomic E-state index is -3.00. The molecule has 0 bridgehead atoms. The summed E-state index contributed by atoms with van der Waals surface area (Å²) in [6, 6.07) is 10.6. The number of benzene rings is 2. The first-order valence-electron chi connectivity index (χ1n) is 6.90. The Kier molecular flexibility index (Phi) is 6.97. The Labute approximate surface area is 152 Å². The molecular weight excluding hydrogens is 377 g/mol. The van der Waals surface area contributed by atoms with Crippen molar-refractivity contribution in [3.8, 4) is 5.75 Å². The molecule has 0 fully saturated rings. The molecule has 9 heteroatoms. The van der Waals surface area contributed by atoms with Gasteiger partial charge in [-0.05, 0) is 29.8 Å². The van der Waals surface area contributed by atoms with Gasteiger partial charge in [-0.2, -0.15) is 8.78 Å². The van der Waals surface area contributed by atoms with Gasteiger partial charge >= 0.3 is 6.61 Å². The summed E-state index contributed by atoms with van der Waals surface area (Å²) in [5, 5.41) is 6.79. The molecule has 5 nitrogen and oxygen atoms in total. The van der Waals surface area contributed by atoms with Crippen LogP contribution < -0.4 is 10.1 Å². The second kappa shape index (κ2) is 9.19. The maximum absolute atomic E-state index is 12.3. The smallest absolute Gasteiger partial charge is 0.387 e. The average Bonchev–Trinajstić information content (AvgIpc) is 2.56. The minimum Gasteiger partial charge on any atom is -0.433 e. The van der Waals surface area contributed by atoms with Crippen molar-refractivity contribution in [2.45, 2.75) is 6.61 Å². The van der Waals surface area contributed by atoms with Crippen LogP contribution in [0.25, 0.3) is 0 Å². The minimum absolute atomic E-state index is 0.102. The number of oxime groups is 1. The van der Waals surface area contributed by atoms with Crippen LogP contribution in [-0.4, -0.2) is 25.3 Å². The zero-order valence-electron chi connectivity index (χ0n) is 12.6. The van der Waals surface area contributed by atoms with Crippen LogP contribution >= 0.6 is 23.2 Å². The van der Waals surface area contributed by atoms with E-state index < -0.39 is 19.1 Å². The van der Waals surface area contributed by atoms with E-state index in [0.717, 1.165) is 0 Å². The standard InChI is InChI=1S/C16H12Cl2F2N2O3/c17-11-6-5-10(7-12(11)18)8-21-24-9-15(23)22-13-3-1-2-4-14(13)25-16(19)20/h1-8,16H,9H2,(H,22,23)/b21-8+. The van der Waals surface area contributed by atoms with Crippen molar-refractivity contribution in [1.82, 2.24) is 0 Å². The molecule has 0 saturated carbocycles. The predicted molar refractivity (Wildman–Crippen MR) is 91.7 cm³/mol. The maximum Gasteiger partial charge on any atom is 0.387 e. The first-order chi connectivity index (χ1) is 12.0. The number of nitrogens with zero attached hydrogens (tertiary/aromatic N) is 1. The number of rotatable bonds is 7. The predicted octanol–water partition coefficient (Wildman–Crippen LogP) is 4.58. The number of ether oxygens (including phenoxy) is 1. The molecule has 0 aliphatic heterocycles. The largest absolute Gasteiger partial charge is 0.433 e. The first-order valence-corrected chi connectivity index (χ1v) is 7.65. The van der Waals surface area contributed by atoms with E-state index in [1.54, 1.807) is 24.3 Å². The van der Waals surface area contributed by atoms with Gasteiger partial charge in [-0.15, -0.1) is 0 Å². The molecular formula is C16H12Cl2F2N2O3. The van der Waals surface area contributed by atoms with E-state index in [1.165, 1.54) is 24.4 Å². The normalized spacial score (nSPS) is 10.9. The lowest BCUT2D eigenvalue weighted by Crippen LogP contribution is -2.18. The summed E-state index contributed by atoms with van der Waals surface area (Å²) < 4.78 is 28.9. The van der Waals surface area contributed by atoms with Crippen LogP contribution in [0.4, 0.5) is 14.5 Å². The van der Waals surface area contributed by atoms with Crippen LogP contribution in [0.5, 0.6) is 5.75 Å². The van der Waals surface area contributed by atoms with Crippen molar-refractivity contribution >= 4 is 41.0 Å². The van der Waals surface area contributed by atoms with Gasteiger partial charge in [0.15, 0.2) is 6.61 Å². The number of nitrogens with one attached hydrogen (secondary N) is 1. The fourth-order valence-electron chi connectivity index (χ4n) is 1.74. The van der Waals surface area contributed by atoms with E-state index in [4.69, 9.17) is 28.0 Å². The Morgan fingerprint density at radius 3 is 2.68 bits per heavy atom. The highest BCUT2D eigenvalue weighted by Gasteiger charge is 2.11. The van der Waals surface area contributed by atoms with Crippen LogP contribution in [-0.2, 0) is 9.63 Å². The Hall–Kier alpha value is -2.38. The Morgan fingerprint density at radius 1 is 1.20 bits per heavy atom. The highest BCUT2D eigenvalue weighted by Crippen LogP contribution is 2.25. The SMILES string of the molecule is O=C(CO/N=C/c1ccc(Cl)c(Cl)c1)Nc1ccccc1OC(F)F. The molecule has 2 aromatic carbocycles. The molecule has 0 radical (unpaired) electrons. The van der Waals surface area contributed by atoms with E-state index in [1.807, 2.05) is 0 Å². The topological polar surface area (TPSA) is 59.9 Å². The third kappa shape index (κ3) is 6.21. The van der Waals surface area contributed by atoms with Gasteiger partial charge in [0.05, 0.1) is 21.9 Å². The van der Waals surface area contributed by atoms with Gasteiger partial charge in [-0.25, -0.2) is 0 Å². The van der Waals surface area contributed by atoms with E-state index in [-0.39, 0.29) is 11.4 Å². The van der Waals surface area contributed by atoms with E-state index in [2.05, 4.69) is 15.2 Å². The summed E-state index contributed by atoms with van der Waals surface area (Å²) in [6.45, 7) is -3.41. The number of hydrogen-bond donors (Lipinski definition) is 1. The van der Waals surface area contributed by atoms with Crippen molar-refractivity contribution in [2.75, 3.05) is 11.9 Å². The molecule has 1 amide bonds. The molecule has 2 rings (SSSR count). The highest BCUT2D eigenvalue weighted by molar-refractivity contribution is 6.42. The lowest BCUT2D eigenvalue weighted by molar-refractivity contribution is -0.120. The molecule has 0 spiro atoms. The summed E-state index contributed by atoms with van der Waals surface area (Å²) in [5.41, 5.74) is 0.732. The van der Waals surface area contributed by atoms with Crippen LogP contribution in [0.1, 0.15) is 5.56 Å². The molecule has 0 atom stereocenters. The van der Waals surface area contributed by atoms with Crippen molar-refractivity contribution < 1.29 is 23.1 Å². The Bertz CT molecular complexity index is 773. The number of carbonyl (C=O) groups is 1. The molecule has 0 heterocycles. The van der Waals surface area contributed by atoms with Crippen LogP contribution in [0.15, 0.2) is 47.6 Å². The fraction of sp³-hybridized carbons (Fsp3) is 0.125. The summed E-state index contributed by atoms with van der Waals surface area (Å²) in [4.78, 5) is 16.6. The molecule has 25 heavy (non-hydrogen) atoms. The molecule has 0 saturated heterocycles. The van der Waals surface area contributed by atoms with Gasteiger partial charge in [0, 0.05) is 0 Å². The molecule has 0 aromatic heterocycles. The third-order valence-corrected chi connectivity index (χ3v) is 3.53. The van der Waals surface area contributed by atoms with Crippen molar-refractivity contribution in [3.05, 3.63) is 58.1 Å². The van der Waals surface area contributed by atoms with E-state index in [9.17, 15) is 13.6 Å². The molecule has 0 aliphatic carbocycles. The monoisotopic (exact) mass is 388 g/mol. The average molecular weight is 389 g/mol. The van der Waals surface area contributed by atoms with E-state index >= 15 is 0 Å².